The zero-order valence-corrected chi connectivity index (χ0v) is 13.9. The van der Waals surface area contributed by atoms with Gasteiger partial charge in [-0.25, -0.2) is 9.97 Å². The van der Waals surface area contributed by atoms with Crippen LogP contribution in [0.5, 0.6) is 0 Å². The Hall–Kier alpha value is -2.05. The highest BCUT2D eigenvalue weighted by Crippen LogP contribution is 2.16. The summed E-state index contributed by atoms with van der Waals surface area (Å²) in [7, 11) is 0. The summed E-state index contributed by atoms with van der Waals surface area (Å²) in [5.41, 5.74) is 4.46. The number of aliphatic hydroxyl groups excluding tert-OH is 1. The molecule has 0 spiro atoms. The summed E-state index contributed by atoms with van der Waals surface area (Å²) >= 11 is 1.71. The van der Waals surface area contributed by atoms with E-state index in [0.717, 1.165) is 28.7 Å². The van der Waals surface area contributed by atoms with Crippen LogP contribution in [0.3, 0.4) is 0 Å². The van der Waals surface area contributed by atoms with E-state index in [2.05, 4.69) is 38.7 Å². The molecule has 0 saturated heterocycles. The first-order chi connectivity index (χ1) is 11.3. The van der Waals surface area contributed by atoms with Gasteiger partial charge in [0.1, 0.15) is 11.5 Å². The molecule has 0 aliphatic carbocycles. The van der Waals surface area contributed by atoms with E-state index in [-0.39, 0.29) is 6.61 Å². The van der Waals surface area contributed by atoms with Crippen molar-refractivity contribution in [3.63, 3.8) is 0 Å². The van der Waals surface area contributed by atoms with Gasteiger partial charge in [0.15, 0.2) is 0 Å². The highest BCUT2D eigenvalue weighted by molar-refractivity contribution is 7.98. The molecule has 0 aromatic carbocycles. The van der Waals surface area contributed by atoms with Gasteiger partial charge in [-0.15, -0.1) is 0 Å². The molecule has 6 heteroatoms. The highest BCUT2D eigenvalue weighted by atomic mass is 32.2. The van der Waals surface area contributed by atoms with Gasteiger partial charge in [0.05, 0.1) is 25.0 Å². The number of aryl methyl sites for hydroxylation is 1. The van der Waals surface area contributed by atoms with Crippen LogP contribution in [-0.4, -0.2) is 31.8 Å². The summed E-state index contributed by atoms with van der Waals surface area (Å²) in [6, 6.07) is 8.16. The lowest BCUT2D eigenvalue weighted by molar-refractivity contribution is 0.322. The Kier molecular flexibility index (Phi) is 5.15. The maximum atomic E-state index is 8.84. The van der Waals surface area contributed by atoms with Gasteiger partial charge in [-0.05, 0) is 36.2 Å². The molecule has 23 heavy (non-hydrogen) atoms. The fraction of sp³-hybridized carbons (Fsp3) is 0.294. The van der Waals surface area contributed by atoms with Crippen LogP contribution >= 0.6 is 11.8 Å². The number of fused-ring (bicyclic) bond motifs is 1. The molecule has 0 bridgehead atoms. The molecular weight excluding hydrogens is 308 g/mol. The maximum absolute atomic E-state index is 8.84. The standard InChI is InChI=1S/C17H20N4OS/c1-13-3-2-6-21-15(11-20-17(13)21)10-19-16-9-14(4-5-18-16)12-23-8-7-22/h2-6,9,11,22H,7-8,10,12H2,1H3,(H,18,19). The Balaban J connectivity index is 1.67. The molecule has 0 amide bonds. The molecule has 0 aliphatic rings. The number of thioether (sulfide) groups is 1. The van der Waals surface area contributed by atoms with E-state index in [4.69, 9.17) is 5.11 Å². The van der Waals surface area contributed by atoms with E-state index in [9.17, 15) is 0 Å². The number of rotatable bonds is 7. The lowest BCUT2D eigenvalue weighted by Gasteiger charge is -2.08. The average Bonchev–Trinajstić information content (AvgIpc) is 2.98. The van der Waals surface area contributed by atoms with Crippen molar-refractivity contribution in [2.75, 3.05) is 17.7 Å². The number of aliphatic hydroxyl groups is 1. The predicted molar refractivity (Wildman–Crippen MR) is 94.7 cm³/mol. The molecule has 0 radical (unpaired) electrons. The maximum Gasteiger partial charge on any atom is 0.139 e. The van der Waals surface area contributed by atoms with Gasteiger partial charge < -0.3 is 14.8 Å². The van der Waals surface area contributed by atoms with Crippen LogP contribution in [0.2, 0.25) is 0 Å². The van der Waals surface area contributed by atoms with Crippen molar-refractivity contribution >= 4 is 23.2 Å². The molecule has 2 N–H and O–H groups in total. The third-order valence-corrected chi connectivity index (χ3v) is 4.60. The second kappa shape index (κ2) is 7.48. The topological polar surface area (TPSA) is 62.5 Å². The van der Waals surface area contributed by atoms with Gasteiger partial charge in [-0.2, -0.15) is 11.8 Å². The molecule has 0 saturated carbocycles. The zero-order chi connectivity index (χ0) is 16.1. The molecule has 5 nitrogen and oxygen atoms in total. The minimum atomic E-state index is 0.217. The Bertz CT molecular complexity index is 787. The summed E-state index contributed by atoms with van der Waals surface area (Å²) in [5.74, 6) is 2.49. The summed E-state index contributed by atoms with van der Waals surface area (Å²) in [6.45, 7) is 2.95. The summed E-state index contributed by atoms with van der Waals surface area (Å²) in [6.07, 6.45) is 5.74. The minimum Gasteiger partial charge on any atom is -0.396 e. The number of anilines is 1. The smallest absolute Gasteiger partial charge is 0.139 e. The number of imidazole rings is 1. The van der Waals surface area contributed by atoms with Crippen molar-refractivity contribution in [2.45, 2.75) is 19.2 Å². The Labute approximate surface area is 139 Å². The first kappa shape index (κ1) is 15.8. The number of nitrogens with one attached hydrogen (secondary N) is 1. The van der Waals surface area contributed by atoms with E-state index in [1.807, 2.05) is 30.7 Å². The molecule has 0 atom stereocenters. The average molecular weight is 328 g/mol. The van der Waals surface area contributed by atoms with Crippen LogP contribution in [0.25, 0.3) is 5.65 Å². The third kappa shape index (κ3) is 3.83. The van der Waals surface area contributed by atoms with Gasteiger partial charge in [0, 0.05) is 23.9 Å². The van der Waals surface area contributed by atoms with E-state index < -0.39 is 0 Å². The number of hydrogen-bond acceptors (Lipinski definition) is 5. The number of pyridine rings is 2. The molecule has 3 rings (SSSR count). The van der Waals surface area contributed by atoms with Crippen molar-refractivity contribution < 1.29 is 5.11 Å². The predicted octanol–water partition coefficient (Wildman–Crippen LogP) is 2.88. The molecule has 3 aromatic heterocycles. The number of hydrogen-bond donors (Lipinski definition) is 2. The lowest BCUT2D eigenvalue weighted by atomic mass is 10.3. The van der Waals surface area contributed by atoms with Crippen LogP contribution in [0, 0.1) is 6.92 Å². The van der Waals surface area contributed by atoms with Gasteiger partial charge in [-0.3, -0.25) is 0 Å². The first-order valence-corrected chi connectivity index (χ1v) is 8.72. The minimum absolute atomic E-state index is 0.217. The number of nitrogens with zero attached hydrogens (tertiary/aromatic N) is 3. The van der Waals surface area contributed by atoms with Crippen LogP contribution < -0.4 is 5.32 Å². The normalized spacial score (nSPS) is 11.0. The quantitative estimate of drug-likeness (QED) is 0.653. The molecule has 3 aromatic rings. The zero-order valence-electron chi connectivity index (χ0n) is 13.1. The van der Waals surface area contributed by atoms with Crippen molar-refractivity contribution in [3.8, 4) is 0 Å². The van der Waals surface area contributed by atoms with Gasteiger partial charge >= 0.3 is 0 Å². The Morgan fingerprint density at radius 1 is 1.30 bits per heavy atom. The van der Waals surface area contributed by atoms with Crippen molar-refractivity contribution in [1.82, 2.24) is 14.4 Å². The van der Waals surface area contributed by atoms with E-state index in [1.54, 1.807) is 11.8 Å². The molecular formula is C17H20N4OS. The van der Waals surface area contributed by atoms with E-state index in [0.29, 0.717) is 6.54 Å². The van der Waals surface area contributed by atoms with Crippen LogP contribution in [0.15, 0.2) is 42.9 Å². The van der Waals surface area contributed by atoms with E-state index >= 15 is 0 Å². The third-order valence-electron chi connectivity index (χ3n) is 3.59. The van der Waals surface area contributed by atoms with Gasteiger partial charge in [-0.1, -0.05) is 6.07 Å². The fourth-order valence-corrected chi connectivity index (χ4v) is 3.12. The largest absolute Gasteiger partial charge is 0.396 e. The SMILES string of the molecule is Cc1cccn2c(CNc3cc(CSCCO)ccn3)cnc12. The molecule has 3 heterocycles. The van der Waals surface area contributed by atoms with Crippen molar-refractivity contribution in [3.05, 3.63) is 59.7 Å². The van der Waals surface area contributed by atoms with Crippen molar-refractivity contribution in [2.24, 2.45) is 0 Å². The van der Waals surface area contributed by atoms with Crippen LogP contribution in [-0.2, 0) is 12.3 Å². The second-order valence-electron chi connectivity index (χ2n) is 5.31. The Morgan fingerprint density at radius 2 is 2.22 bits per heavy atom. The second-order valence-corrected chi connectivity index (χ2v) is 6.42. The van der Waals surface area contributed by atoms with Gasteiger partial charge in [0.2, 0.25) is 0 Å². The molecule has 0 aliphatic heterocycles. The monoisotopic (exact) mass is 328 g/mol. The molecule has 0 unspecified atom stereocenters. The number of aromatic nitrogens is 3. The summed E-state index contributed by atoms with van der Waals surface area (Å²) in [4.78, 5) is 8.84. The van der Waals surface area contributed by atoms with Crippen LogP contribution in [0.1, 0.15) is 16.8 Å². The van der Waals surface area contributed by atoms with Crippen LogP contribution in [0.4, 0.5) is 5.82 Å². The van der Waals surface area contributed by atoms with E-state index in [1.165, 1.54) is 11.1 Å². The highest BCUT2D eigenvalue weighted by Gasteiger charge is 2.05. The Morgan fingerprint density at radius 3 is 3.09 bits per heavy atom. The summed E-state index contributed by atoms with van der Waals surface area (Å²) in [5, 5.41) is 12.2. The molecule has 120 valence electrons. The van der Waals surface area contributed by atoms with Gasteiger partial charge in [0.25, 0.3) is 0 Å². The lowest BCUT2D eigenvalue weighted by Crippen LogP contribution is -2.04. The van der Waals surface area contributed by atoms with Crippen molar-refractivity contribution in [1.29, 1.82) is 0 Å². The first-order valence-electron chi connectivity index (χ1n) is 7.57. The molecule has 0 fully saturated rings. The fourth-order valence-electron chi connectivity index (χ4n) is 2.43. The summed E-state index contributed by atoms with van der Waals surface area (Å²) < 4.78 is 2.10.